The van der Waals surface area contributed by atoms with Crippen LogP contribution >= 0.6 is 38.9 Å². The summed E-state index contributed by atoms with van der Waals surface area (Å²) in [5.74, 6) is 0. The molecule has 0 atom stereocenters. The van der Waals surface area contributed by atoms with Crippen molar-refractivity contribution < 1.29 is 13.2 Å². The highest BCUT2D eigenvalue weighted by molar-refractivity contribution is 9.10. The van der Waals surface area contributed by atoms with E-state index in [1.54, 1.807) is 17.0 Å². The van der Waals surface area contributed by atoms with Gasteiger partial charge in [-0.3, -0.25) is 0 Å². The lowest BCUT2D eigenvalue weighted by molar-refractivity contribution is 0.184. The number of piperazine rings is 1. The van der Waals surface area contributed by atoms with Crippen molar-refractivity contribution >= 4 is 60.6 Å². The van der Waals surface area contributed by atoms with Gasteiger partial charge < -0.3 is 10.2 Å². The van der Waals surface area contributed by atoms with Crippen LogP contribution in [0.3, 0.4) is 0 Å². The molecule has 3 rings (SSSR count). The summed E-state index contributed by atoms with van der Waals surface area (Å²) in [7, 11) is -3.55. The Labute approximate surface area is 163 Å². The van der Waals surface area contributed by atoms with E-state index in [1.165, 1.54) is 10.4 Å². The zero-order valence-corrected chi connectivity index (χ0v) is 17.0. The number of benzene rings is 1. The molecular weight excluding hydrogens is 450 g/mol. The number of urea groups is 1. The fourth-order valence-corrected chi connectivity index (χ4v) is 5.90. The van der Waals surface area contributed by atoms with E-state index in [4.69, 9.17) is 11.6 Å². The van der Waals surface area contributed by atoms with Gasteiger partial charge in [-0.2, -0.15) is 4.31 Å². The largest absolute Gasteiger partial charge is 0.322 e. The summed E-state index contributed by atoms with van der Waals surface area (Å²) in [5, 5.41) is 2.83. The second-order valence-electron chi connectivity index (χ2n) is 5.36. The van der Waals surface area contributed by atoms with Crippen molar-refractivity contribution in [1.29, 1.82) is 0 Å². The number of rotatable bonds is 3. The molecular formula is C15H15BrClN3O3S2. The van der Waals surface area contributed by atoms with E-state index in [2.05, 4.69) is 21.2 Å². The Morgan fingerprint density at radius 1 is 1.12 bits per heavy atom. The van der Waals surface area contributed by atoms with Crippen molar-refractivity contribution in [3.8, 4) is 0 Å². The predicted octanol–water partition coefficient (Wildman–Crippen LogP) is 3.70. The molecule has 1 aliphatic heterocycles. The Hall–Kier alpha value is -1.13. The van der Waals surface area contributed by atoms with Gasteiger partial charge in [-0.25, -0.2) is 13.2 Å². The second kappa shape index (κ2) is 7.63. The molecule has 0 unspecified atom stereocenters. The molecule has 2 amide bonds. The number of carbonyl (C=O) groups excluding carboxylic acids is 1. The van der Waals surface area contributed by atoms with E-state index in [0.29, 0.717) is 23.1 Å². The van der Waals surface area contributed by atoms with Crippen molar-refractivity contribution in [2.45, 2.75) is 4.21 Å². The number of sulfonamides is 1. The lowest BCUT2D eigenvalue weighted by atomic mass is 10.3. The van der Waals surface area contributed by atoms with Crippen molar-refractivity contribution in [3.63, 3.8) is 0 Å². The molecule has 2 aromatic rings. The predicted molar refractivity (Wildman–Crippen MR) is 103 cm³/mol. The highest BCUT2D eigenvalue weighted by Crippen LogP contribution is 2.28. The number of halogens is 2. The maximum absolute atomic E-state index is 12.6. The molecule has 0 spiro atoms. The van der Waals surface area contributed by atoms with E-state index in [1.807, 2.05) is 18.2 Å². The Morgan fingerprint density at radius 2 is 1.80 bits per heavy atom. The molecule has 1 aliphatic rings. The summed E-state index contributed by atoms with van der Waals surface area (Å²) in [6.07, 6.45) is 0. The molecule has 1 saturated heterocycles. The molecule has 1 N–H and O–H groups in total. The average Bonchev–Trinajstić information content (AvgIpc) is 3.04. The summed E-state index contributed by atoms with van der Waals surface area (Å²) in [5.41, 5.74) is 0.677. The summed E-state index contributed by atoms with van der Waals surface area (Å²) < 4.78 is 28.0. The third kappa shape index (κ3) is 4.17. The monoisotopic (exact) mass is 463 g/mol. The highest BCUT2D eigenvalue weighted by Gasteiger charge is 2.31. The van der Waals surface area contributed by atoms with Crippen LogP contribution in [0.4, 0.5) is 10.5 Å². The maximum Gasteiger partial charge on any atom is 0.321 e. The van der Waals surface area contributed by atoms with Gasteiger partial charge in [-0.15, -0.1) is 11.3 Å². The number of para-hydroxylation sites is 1. The molecule has 1 aromatic heterocycles. The minimum atomic E-state index is -3.55. The number of amides is 2. The number of hydrogen-bond acceptors (Lipinski definition) is 4. The number of nitrogens with one attached hydrogen (secondary N) is 1. The van der Waals surface area contributed by atoms with E-state index in [-0.39, 0.29) is 23.3 Å². The standard InChI is InChI=1S/C15H15BrClN3O3S2/c16-11-3-1-2-4-12(11)18-15(21)19-7-9-20(10-8-19)25(22,23)14-6-5-13(17)24-14/h1-6H,7-10H2,(H,18,21). The van der Waals surface area contributed by atoms with Gasteiger partial charge in [0.1, 0.15) is 4.21 Å². The molecule has 0 bridgehead atoms. The lowest BCUT2D eigenvalue weighted by Gasteiger charge is -2.33. The van der Waals surface area contributed by atoms with Crippen LogP contribution in [0.25, 0.3) is 0 Å². The average molecular weight is 465 g/mol. The highest BCUT2D eigenvalue weighted by atomic mass is 79.9. The molecule has 25 heavy (non-hydrogen) atoms. The minimum Gasteiger partial charge on any atom is -0.322 e. The molecule has 1 aromatic carbocycles. The molecule has 0 saturated carbocycles. The maximum atomic E-state index is 12.6. The summed E-state index contributed by atoms with van der Waals surface area (Å²) >= 11 is 10.2. The molecule has 0 aliphatic carbocycles. The van der Waals surface area contributed by atoms with Crippen LogP contribution in [0.1, 0.15) is 0 Å². The van der Waals surface area contributed by atoms with Crippen molar-refractivity contribution in [2.75, 3.05) is 31.5 Å². The van der Waals surface area contributed by atoms with E-state index >= 15 is 0 Å². The van der Waals surface area contributed by atoms with Gasteiger partial charge in [-0.05, 0) is 40.2 Å². The van der Waals surface area contributed by atoms with Gasteiger partial charge in [0.2, 0.25) is 0 Å². The Balaban J connectivity index is 1.62. The fourth-order valence-electron chi connectivity index (χ4n) is 2.45. The summed E-state index contributed by atoms with van der Waals surface area (Å²) in [6, 6.07) is 10.2. The number of thiophene rings is 1. The number of anilines is 1. The van der Waals surface area contributed by atoms with Crippen LogP contribution in [0.5, 0.6) is 0 Å². The van der Waals surface area contributed by atoms with Gasteiger partial charge in [-0.1, -0.05) is 23.7 Å². The van der Waals surface area contributed by atoms with E-state index in [0.717, 1.165) is 15.8 Å². The quantitative estimate of drug-likeness (QED) is 0.753. The smallest absolute Gasteiger partial charge is 0.321 e. The SMILES string of the molecule is O=C(Nc1ccccc1Br)N1CCN(S(=O)(=O)c2ccc(Cl)s2)CC1. The van der Waals surface area contributed by atoms with Gasteiger partial charge in [0.25, 0.3) is 10.0 Å². The number of carbonyl (C=O) groups is 1. The molecule has 0 radical (unpaired) electrons. The zero-order chi connectivity index (χ0) is 18.0. The van der Waals surface area contributed by atoms with Gasteiger partial charge in [0, 0.05) is 30.7 Å². The zero-order valence-electron chi connectivity index (χ0n) is 13.0. The van der Waals surface area contributed by atoms with Gasteiger partial charge >= 0.3 is 6.03 Å². The van der Waals surface area contributed by atoms with E-state index in [9.17, 15) is 13.2 Å². The topological polar surface area (TPSA) is 69.7 Å². The summed E-state index contributed by atoms with van der Waals surface area (Å²) in [4.78, 5) is 14.0. The van der Waals surface area contributed by atoms with Crippen molar-refractivity contribution in [3.05, 3.63) is 45.2 Å². The first-order valence-electron chi connectivity index (χ1n) is 7.44. The third-order valence-corrected chi connectivity index (χ3v) is 8.07. The van der Waals surface area contributed by atoms with Gasteiger partial charge in [0.05, 0.1) is 10.0 Å². The Kier molecular flexibility index (Phi) is 5.69. The van der Waals surface area contributed by atoms with Crippen LogP contribution in [0.15, 0.2) is 45.1 Å². The third-order valence-electron chi connectivity index (χ3n) is 3.78. The molecule has 1 fully saturated rings. The number of nitrogens with zero attached hydrogens (tertiary/aromatic N) is 2. The van der Waals surface area contributed by atoms with Crippen LogP contribution in [-0.4, -0.2) is 49.8 Å². The van der Waals surface area contributed by atoms with Crippen molar-refractivity contribution in [1.82, 2.24) is 9.21 Å². The lowest BCUT2D eigenvalue weighted by Crippen LogP contribution is -2.51. The number of hydrogen-bond donors (Lipinski definition) is 1. The van der Waals surface area contributed by atoms with E-state index < -0.39 is 10.0 Å². The minimum absolute atomic E-state index is 0.226. The first-order chi connectivity index (χ1) is 11.9. The van der Waals surface area contributed by atoms with Crippen LogP contribution < -0.4 is 5.32 Å². The Bertz CT molecular complexity index is 880. The first-order valence-corrected chi connectivity index (χ1v) is 10.9. The fraction of sp³-hybridized carbons (Fsp3) is 0.267. The Morgan fingerprint density at radius 3 is 2.40 bits per heavy atom. The van der Waals surface area contributed by atoms with Crippen LogP contribution in [0.2, 0.25) is 4.34 Å². The summed E-state index contributed by atoms with van der Waals surface area (Å²) in [6.45, 7) is 1.16. The molecule has 10 heteroatoms. The van der Waals surface area contributed by atoms with Crippen LogP contribution in [-0.2, 0) is 10.0 Å². The molecule has 6 nitrogen and oxygen atoms in total. The van der Waals surface area contributed by atoms with Gasteiger partial charge in [0.15, 0.2) is 0 Å². The molecule has 2 heterocycles. The van der Waals surface area contributed by atoms with Crippen molar-refractivity contribution in [2.24, 2.45) is 0 Å². The molecule has 134 valence electrons. The first kappa shape index (κ1) is 18.7. The van der Waals surface area contributed by atoms with Crippen LogP contribution in [0, 0.1) is 0 Å². The second-order valence-corrected chi connectivity index (χ2v) is 10.1. The normalized spacial score (nSPS) is 16.0.